The second kappa shape index (κ2) is 6.60. The van der Waals surface area contributed by atoms with Crippen LogP contribution in [0.2, 0.25) is 0 Å². The highest BCUT2D eigenvalue weighted by molar-refractivity contribution is 5.80. The summed E-state index contributed by atoms with van der Waals surface area (Å²) in [6.07, 6.45) is 2.64. The zero-order valence-electron chi connectivity index (χ0n) is 12.8. The molecule has 1 N–H and O–H groups in total. The molecule has 3 fully saturated rings. The number of nitrogens with one attached hydrogen (secondary N) is 1. The molecule has 2 unspecified atom stereocenters. The Morgan fingerprint density at radius 2 is 2.05 bits per heavy atom. The molecule has 6 heteroatoms. The van der Waals surface area contributed by atoms with Gasteiger partial charge in [-0.05, 0) is 32.9 Å². The Morgan fingerprint density at radius 1 is 1.33 bits per heavy atom. The second-order valence-electron chi connectivity index (χ2n) is 6.29. The number of carbonyl (C=O) groups is 1. The van der Waals surface area contributed by atoms with Crippen molar-refractivity contribution in [1.29, 1.82) is 0 Å². The number of hydrogen-bond donors (Lipinski definition) is 1. The van der Waals surface area contributed by atoms with Gasteiger partial charge < -0.3 is 24.4 Å². The molecule has 0 aromatic heterocycles. The lowest BCUT2D eigenvalue weighted by molar-refractivity contribution is -0.150. The molecule has 21 heavy (non-hydrogen) atoms. The van der Waals surface area contributed by atoms with Crippen LogP contribution in [0.1, 0.15) is 26.2 Å². The van der Waals surface area contributed by atoms with Crippen LogP contribution in [-0.4, -0.2) is 74.6 Å². The molecular formula is C15H26N2O4. The maximum Gasteiger partial charge on any atom is 0.251 e. The van der Waals surface area contributed by atoms with Gasteiger partial charge in [-0.3, -0.25) is 4.79 Å². The fourth-order valence-corrected chi connectivity index (χ4v) is 3.51. The van der Waals surface area contributed by atoms with E-state index in [-0.39, 0.29) is 17.6 Å². The normalized spacial score (nSPS) is 30.5. The molecular weight excluding hydrogens is 272 g/mol. The van der Waals surface area contributed by atoms with Crippen molar-refractivity contribution in [1.82, 2.24) is 10.2 Å². The molecule has 0 bridgehead atoms. The second-order valence-corrected chi connectivity index (χ2v) is 6.29. The molecule has 0 radical (unpaired) electrons. The predicted octanol–water partition coefficient (Wildman–Crippen LogP) is 0.161. The quantitative estimate of drug-likeness (QED) is 0.804. The third kappa shape index (κ3) is 3.56. The van der Waals surface area contributed by atoms with Gasteiger partial charge >= 0.3 is 0 Å². The van der Waals surface area contributed by atoms with Gasteiger partial charge in [0.05, 0.1) is 31.5 Å². The largest absolute Gasteiger partial charge is 0.378 e. The van der Waals surface area contributed by atoms with Crippen molar-refractivity contribution in [2.75, 3.05) is 46.0 Å². The predicted molar refractivity (Wildman–Crippen MR) is 77.1 cm³/mol. The van der Waals surface area contributed by atoms with Crippen LogP contribution in [0.5, 0.6) is 0 Å². The number of carbonyl (C=O) groups excluding carboxylic acids is 1. The minimum atomic E-state index is -0.395. The Kier molecular flexibility index (Phi) is 4.78. The van der Waals surface area contributed by atoms with Gasteiger partial charge in [-0.15, -0.1) is 0 Å². The zero-order valence-corrected chi connectivity index (χ0v) is 12.8. The number of piperidine rings is 1. The molecule has 0 aliphatic carbocycles. The van der Waals surface area contributed by atoms with Gasteiger partial charge in [0, 0.05) is 19.5 Å². The number of nitrogens with zero attached hydrogens (tertiary/aromatic N) is 1. The van der Waals surface area contributed by atoms with Crippen molar-refractivity contribution in [2.45, 2.75) is 44.0 Å². The first-order valence-corrected chi connectivity index (χ1v) is 8.05. The number of morpholine rings is 1. The highest BCUT2D eigenvalue weighted by atomic mass is 16.6. The van der Waals surface area contributed by atoms with E-state index < -0.39 is 6.10 Å². The molecule has 3 rings (SSSR count). The third-order valence-corrected chi connectivity index (χ3v) is 4.76. The molecule has 2 atom stereocenters. The van der Waals surface area contributed by atoms with E-state index >= 15 is 0 Å². The van der Waals surface area contributed by atoms with E-state index in [0.29, 0.717) is 32.9 Å². The summed E-state index contributed by atoms with van der Waals surface area (Å²) in [5.41, 5.74) is -0.0162. The van der Waals surface area contributed by atoms with Gasteiger partial charge in [-0.25, -0.2) is 0 Å². The lowest BCUT2D eigenvalue weighted by atomic mass is 9.89. The van der Waals surface area contributed by atoms with Crippen molar-refractivity contribution in [2.24, 2.45) is 0 Å². The number of ether oxygens (including phenoxy) is 3. The summed E-state index contributed by atoms with van der Waals surface area (Å²) in [6, 6.07) is 0. The molecule has 0 saturated carbocycles. The van der Waals surface area contributed by atoms with Crippen molar-refractivity contribution in [3.8, 4) is 0 Å². The first kappa shape index (κ1) is 15.2. The fourth-order valence-electron chi connectivity index (χ4n) is 3.51. The van der Waals surface area contributed by atoms with Gasteiger partial charge in [-0.2, -0.15) is 0 Å². The van der Waals surface area contributed by atoms with E-state index in [1.807, 2.05) is 11.8 Å². The van der Waals surface area contributed by atoms with E-state index in [2.05, 4.69) is 5.32 Å². The van der Waals surface area contributed by atoms with Crippen LogP contribution in [0.25, 0.3) is 0 Å². The Bertz CT molecular complexity index is 365. The monoisotopic (exact) mass is 298 g/mol. The molecule has 1 amide bonds. The molecule has 120 valence electrons. The van der Waals surface area contributed by atoms with Crippen molar-refractivity contribution >= 4 is 5.91 Å². The number of rotatable bonds is 3. The maximum atomic E-state index is 12.3. The minimum absolute atomic E-state index is 0.0162. The topological polar surface area (TPSA) is 60.0 Å². The summed E-state index contributed by atoms with van der Waals surface area (Å²) in [4.78, 5) is 14.2. The molecule has 3 aliphatic heterocycles. The van der Waals surface area contributed by atoms with Gasteiger partial charge in [0.25, 0.3) is 5.91 Å². The van der Waals surface area contributed by atoms with E-state index in [0.717, 1.165) is 32.4 Å². The minimum Gasteiger partial charge on any atom is -0.378 e. The SMILES string of the molecule is CC(OC1COC2(CCNCC2)C1)C(=O)N1CCOCC1. The fraction of sp³-hybridized carbons (Fsp3) is 0.933. The van der Waals surface area contributed by atoms with Crippen LogP contribution >= 0.6 is 0 Å². The molecule has 3 saturated heterocycles. The first-order chi connectivity index (χ1) is 10.2. The molecule has 0 aromatic rings. The Hall–Kier alpha value is -0.690. The van der Waals surface area contributed by atoms with Crippen molar-refractivity contribution in [3.05, 3.63) is 0 Å². The van der Waals surface area contributed by atoms with Crippen molar-refractivity contribution in [3.63, 3.8) is 0 Å². The van der Waals surface area contributed by atoms with Gasteiger partial charge in [-0.1, -0.05) is 0 Å². The molecule has 6 nitrogen and oxygen atoms in total. The summed E-state index contributed by atoms with van der Waals surface area (Å²) in [6.45, 7) is 7.07. The summed E-state index contributed by atoms with van der Waals surface area (Å²) < 4.78 is 17.3. The first-order valence-electron chi connectivity index (χ1n) is 8.05. The lowest BCUT2D eigenvalue weighted by Crippen LogP contribution is -2.46. The molecule has 1 spiro atoms. The van der Waals surface area contributed by atoms with E-state index in [1.165, 1.54) is 0 Å². The summed E-state index contributed by atoms with van der Waals surface area (Å²) in [5.74, 6) is 0.0737. The van der Waals surface area contributed by atoms with E-state index in [1.54, 1.807) is 0 Å². The highest BCUT2D eigenvalue weighted by Crippen LogP contribution is 2.35. The Morgan fingerprint density at radius 3 is 2.76 bits per heavy atom. The maximum absolute atomic E-state index is 12.3. The van der Waals surface area contributed by atoms with Gasteiger partial charge in [0.15, 0.2) is 0 Å². The molecule has 0 aromatic carbocycles. The van der Waals surface area contributed by atoms with Gasteiger partial charge in [0.1, 0.15) is 6.10 Å². The van der Waals surface area contributed by atoms with Crippen LogP contribution in [0, 0.1) is 0 Å². The molecule has 3 heterocycles. The highest BCUT2D eigenvalue weighted by Gasteiger charge is 2.42. The zero-order chi connectivity index (χ0) is 14.7. The third-order valence-electron chi connectivity index (χ3n) is 4.76. The summed E-state index contributed by atoms with van der Waals surface area (Å²) >= 11 is 0. The van der Waals surface area contributed by atoms with E-state index in [9.17, 15) is 4.79 Å². The van der Waals surface area contributed by atoms with Crippen LogP contribution in [-0.2, 0) is 19.0 Å². The summed E-state index contributed by atoms with van der Waals surface area (Å²) in [5, 5.41) is 3.36. The van der Waals surface area contributed by atoms with Crippen molar-refractivity contribution < 1.29 is 19.0 Å². The van der Waals surface area contributed by atoms with E-state index in [4.69, 9.17) is 14.2 Å². The Balaban J connectivity index is 1.48. The van der Waals surface area contributed by atoms with Crippen LogP contribution < -0.4 is 5.32 Å². The standard InChI is InChI=1S/C15H26N2O4/c1-12(14(18)17-6-8-19-9-7-17)21-13-10-15(20-11-13)2-4-16-5-3-15/h12-13,16H,2-11H2,1H3. The average Bonchev–Trinajstić information content (AvgIpc) is 2.90. The smallest absolute Gasteiger partial charge is 0.251 e. The average molecular weight is 298 g/mol. The Labute approximate surface area is 126 Å². The number of hydrogen-bond acceptors (Lipinski definition) is 5. The van der Waals surface area contributed by atoms with Crippen LogP contribution in [0.15, 0.2) is 0 Å². The van der Waals surface area contributed by atoms with Crippen LogP contribution in [0.3, 0.4) is 0 Å². The number of amides is 1. The summed E-state index contributed by atoms with van der Waals surface area (Å²) in [7, 11) is 0. The van der Waals surface area contributed by atoms with Crippen LogP contribution in [0.4, 0.5) is 0 Å². The lowest BCUT2D eigenvalue weighted by Gasteiger charge is -2.33. The van der Waals surface area contributed by atoms with Gasteiger partial charge in [0.2, 0.25) is 0 Å². The molecule has 3 aliphatic rings.